The Morgan fingerprint density at radius 2 is 2.25 bits per heavy atom. The number of rotatable bonds is 0. The standard InChI is InChI=1S/C10H16N2O3S/c1-10(2,3)15-9(14)12-6-5-16-7(12)4-11-8(6)13/h6-7H,4-5H2,1-3H3,(H,11,13)/t6-,7+/m1/s1. The van der Waals surface area contributed by atoms with E-state index in [1.54, 1.807) is 16.7 Å². The molecule has 5 nitrogen and oxygen atoms in total. The van der Waals surface area contributed by atoms with Gasteiger partial charge in [0.15, 0.2) is 0 Å². The van der Waals surface area contributed by atoms with Crippen LogP contribution in [0, 0.1) is 0 Å². The van der Waals surface area contributed by atoms with Crippen LogP contribution in [0.15, 0.2) is 0 Å². The first-order chi connectivity index (χ1) is 7.38. The summed E-state index contributed by atoms with van der Waals surface area (Å²) in [4.78, 5) is 25.1. The van der Waals surface area contributed by atoms with Gasteiger partial charge in [0.2, 0.25) is 5.91 Å². The van der Waals surface area contributed by atoms with E-state index in [4.69, 9.17) is 4.74 Å². The summed E-state index contributed by atoms with van der Waals surface area (Å²) in [6.45, 7) is 5.98. The van der Waals surface area contributed by atoms with Crippen LogP contribution in [0.3, 0.4) is 0 Å². The molecule has 2 aliphatic rings. The first kappa shape index (κ1) is 11.6. The van der Waals surface area contributed by atoms with Crippen molar-refractivity contribution in [2.75, 3.05) is 12.3 Å². The molecule has 0 aromatic rings. The summed E-state index contributed by atoms with van der Waals surface area (Å²) >= 11 is 1.62. The lowest BCUT2D eigenvalue weighted by Crippen LogP contribution is -2.58. The molecule has 2 bridgehead atoms. The van der Waals surface area contributed by atoms with Gasteiger partial charge in [-0.1, -0.05) is 0 Å². The molecule has 16 heavy (non-hydrogen) atoms. The predicted molar refractivity (Wildman–Crippen MR) is 61.1 cm³/mol. The van der Waals surface area contributed by atoms with Gasteiger partial charge in [-0.3, -0.25) is 9.69 Å². The Balaban J connectivity index is 2.09. The maximum atomic E-state index is 11.9. The smallest absolute Gasteiger partial charge is 0.411 e. The Bertz CT molecular complexity index is 327. The van der Waals surface area contributed by atoms with Crippen LogP contribution in [0.2, 0.25) is 0 Å². The van der Waals surface area contributed by atoms with E-state index in [0.717, 1.165) is 0 Å². The summed E-state index contributed by atoms with van der Waals surface area (Å²) in [5, 5.41) is 2.81. The highest BCUT2D eigenvalue weighted by Gasteiger charge is 2.46. The van der Waals surface area contributed by atoms with Crippen molar-refractivity contribution in [2.24, 2.45) is 0 Å². The number of nitrogens with zero attached hydrogens (tertiary/aromatic N) is 1. The van der Waals surface area contributed by atoms with Crippen LogP contribution >= 0.6 is 11.8 Å². The summed E-state index contributed by atoms with van der Waals surface area (Å²) < 4.78 is 5.30. The number of amides is 2. The quantitative estimate of drug-likeness (QED) is 0.684. The number of carbonyl (C=O) groups excluding carboxylic acids is 2. The fourth-order valence-corrected chi connectivity index (χ4v) is 3.10. The van der Waals surface area contributed by atoms with Crippen LogP contribution in [0.25, 0.3) is 0 Å². The summed E-state index contributed by atoms with van der Waals surface area (Å²) in [5.74, 6) is 0.586. The minimum Gasteiger partial charge on any atom is -0.444 e. The van der Waals surface area contributed by atoms with Gasteiger partial charge >= 0.3 is 6.09 Å². The number of carbonyl (C=O) groups is 2. The molecule has 90 valence electrons. The van der Waals surface area contributed by atoms with Crippen molar-refractivity contribution in [2.45, 2.75) is 37.8 Å². The summed E-state index contributed by atoms with van der Waals surface area (Å²) in [7, 11) is 0. The van der Waals surface area contributed by atoms with Crippen LogP contribution in [0.1, 0.15) is 20.8 Å². The average Bonchev–Trinajstić information content (AvgIpc) is 2.46. The molecule has 2 saturated heterocycles. The van der Waals surface area contributed by atoms with Gasteiger partial charge in [0.1, 0.15) is 11.6 Å². The van der Waals surface area contributed by atoms with E-state index in [-0.39, 0.29) is 23.4 Å². The maximum Gasteiger partial charge on any atom is 0.411 e. The lowest BCUT2D eigenvalue weighted by atomic mass is 10.2. The fourth-order valence-electron chi connectivity index (χ4n) is 1.79. The molecule has 0 aromatic carbocycles. The molecular formula is C10H16N2O3S. The van der Waals surface area contributed by atoms with Crippen molar-refractivity contribution in [1.29, 1.82) is 0 Å². The number of ether oxygens (including phenoxy) is 1. The molecule has 2 aliphatic heterocycles. The number of fused-ring (bicyclic) bond motifs is 2. The largest absolute Gasteiger partial charge is 0.444 e. The lowest BCUT2D eigenvalue weighted by Gasteiger charge is -2.34. The fraction of sp³-hybridized carbons (Fsp3) is 0.800. The summed E-state index contributed by atoms with van der Waals surface area (Å²) in [6.07, 6.45) is -0.387. The van der Waals surface area contributed by atoms with Gasteiger partial charge in [0, 0.05) is 12.3 Å². The summed E-state index contributed by atoms with van der Waals surface area (Å²) in [5.41, 5.74) is -0.519. The van der Waals surface area contributed by atoms with E-state index in [1.807, 2.05) is 20.8 Å². The lowest BCUT2D eigenvalue weighted by molar-refractivity contribution is -0.127. The zero-order valence-corrected chi connectivity index (χ0v) is 10.5. The molecule has 0 unspecified atom stereocenters. The second kappa shape index (κ2) is 3.84. The van der Waals surface area contributed by atoms with Crippen LogP contribution in [0.5, 0.6) is 0 Å². The van der Waals surface area contributed by atoms with Crippen molar-refractivity contribution in [3.8, 4) is 0 Å². The van der Waals surface area contributed by atoms with E-state index >= 15 is 0 Å². The van der Waals surface area contributed by atoms with Gasteiger partial charge < -0.3 is 10.1 Å². The highest BCUT2D eigenvalue weighted by Crippen LogP contribution is 2.32. The molecule has 2 amide bonds. The van der Waals surface area contributed by atoms with Crippen molar-refractivity contribution < 1.29 is 14.3 Å². The molecule has 0 saturated carbocycles. The molecule has 2 fully saturated rings. The molecular weight excluding hydrogens is 228 g/mol. The molecule has 2 atom stereocenters. The molecule has 2 heterocycles. The maximum absolute atomic E-state index is 11.9. The Morgan fingerprint density at radius 3 is 2.88 bits per heavy atom. The van der Waals surface area contributed by atoms with Gasteiger partial charge in [-0.2, -0.15) is 0 Å². The van der Waals surface area contributed by atoms with E-state index in [9.17, 15) is 9.59 Å². The number of thioether (sulfide) groups is 1. The highest BCUT2D eigenvalue weighted by molar-refractivity contribution is 8.00. The molecule has 0 aromatic heterocycles. The Hall–Kier alpha value is -0.910. The van der Waals surface area contributed by atoms with Gasteiger partial charge in [0.05, 0.1) is 5.37 Å². The molecule has 0 spiro atoms. The van der Waals surface area contributed by atoms with Crippen LogP contribution in [-0.4, -0.2) is 46.2 Å². The summed E-state index contributed by atoms with van der Waals surface area (Å²) in [6, 6.07) is -0.362. The first-order valence-corrected chi connectivity index (χ1v) is 6.34. The molecule has 0 aliphatic carbocycles. The van der Waals surface area contributed by atoms with Gasteiger partial charge in [0.25, 0.3) is 0 Å². The first-order valence-electron chi connectivity index (χ1n) is 5.29. The molecule has 2 rings (SSSR count). The number of nitrogens with one attached hydrogen (secondary N) is 1. The van der Waals surface area contributed by atoms with E-state index in [1.165, 1.54) is 0 Å². The van der Waals surface area contributed by atoms with E-state index in [0.29, 0.717) is 12.3 Å². The second-order valence-corrected chi connectivity index (χ2v) is 6.15. The molecule has 0 radical (unpaired) electrons. The minimum atomic E-state index is -0.519. The van der Waals surface area contributed by atoms with Gasteiger partial charge in [-0.15, -0.1) is 11.8 Å². The molecule has 1 N–H and O–H groups in total. The van der Waals surface area contributed by atoms with Crippen LogP contribution < -0.4 is 5.32 Å². The normalized spacial score (nSPS) is 28.9. The predicted octanol–water partition coefficient (Wildman–Crippen LogP) is 0.795. The third kappa shape index (κ3) is 2.11. The van der Waals surface area contributed by atoms with Crippen molar-refractivity contribution in [1.82, 2.24) is 10.2 Å². The average molecular weight is 244 g/mol. The minimum absolute atomic E-state index is 0.0255. The molecule has 6 heteroatoms. The zero-order valence-electron chi connectivity index (χ0n) is 9.65. The second-order valence-electron chi connectivity index (χ2n) is 4.94. The van der Waals surface area contributed by atoms with Crippen LogP contribution in [-0.2, 0) is 9.53 Å². The van der Waals surface area contributed by atoms with E-state index < -0.39 is 5.60 Å². The van der Waals surface area contributed by atoms with Gasteiger partial charge in [-0.05, 0) is 20.8 Å². The monoisotopic (exact) mass is 244 g/mol. The number of piperazine rings is 1. The zero-order chi connectivity index (χ0) is 11.9. The van der Waals surface area contributed by atoms with E-state index in [2.05, 4.69) is 5.32 Å². The Morgan fingerprint density at radius 1 is 1.56 bits per heavy atom. The van der Waals surface area contributed by atoms with Crippen LogP contribution in [0.4, 0.5) is 4.79 Å². The number of hydrogen-bond donors (Lipinski definition) is 1. The van der Waals surface area contributed by atoms with Crippen molar-refractivity contribution in [3.63, 3.8) is 0 Å². The van der Waals surface area contributed by atoms with Crippen molar-refractivity contribution in [3.05, 3.63) is 0 Å². The Labute approximate surface area is 98.9 Å². The topological polar surface area (TPSA) is 58.6 Å². The third-order valence-corrected chi connectivity index (χ3v) is 3.74. The third-order valence-electron chi connectivity index (χ3n) is 2.45. The number of hydrogen-bond acceptors (Lipinski definition) is 4. The Kier molecular flexibility index (Phi) is 2.77. The highest BCUT2D eigenvalue weighted by atomic mass is 32.2. The van der Waals surface area contributed by atoms with Crippen molar-refractivity contribution >= 4 is 23.8 Å². The SMILES string of the molecule is CC(C)(C)OC(=O)N1[C@@H]2CNC(=O)[C@H]1CS2. The van der Waals surface area contributed by atoms with Gasteiger partial charge in [-0.25, -0.2) is 4.79 Å².